The summed E-state index contributed by atoms with van der Waals surface area (Å²) in [6.45, 7) is 0. The molecule has 0 aromatic heterocycles. The van der Waals surface area contributed by atoms with Crippen molar-refractivity contribution in [2.45, 2.75) is 37.3 Å². The maximum Gasteiger partial charge on any atom is 0.0973 e. The highest BCUT2D eigenvalue weighted by molar-refractivity contribution is 5.22. The summed E-state index contributed by atoms with van der Waals surface area (Å²) in [5.41, 5.74) is 0.986. The molecule has 88 valence electrons. The van der Waals surface area contributed by atoms with Crippen LogP contribution in [-0.2, 0) is 0 Å². The minimum Gasteiger partial charge on any atom is -0.386 e. The second-order valence-corrected chi connectivity index (χ2v) is 5.02. The Labute approximate surface area is 97.9 Å². The number of benzene rings is 1. The summed E-state index contributed by atoms with van der Waals surface area (Å²) in [5.74, 6) is 0. The second-order valence-electron chi connectivity index (χ2n) is 5.02. The molecule has 2 heteroatoms. The molecule has 1 atom stereocenters. The van der Waals surface area contributed by atoms with Crippen LogP contribution in [0, 0.1) is 0 Å². The van der Waals surface area contributed by atoms with Crippen LogP contribution in [0.25, 0.3) is 0 Å². The SMILES string of the molecule is CN(C)C1(C(O)c2ccccc2)CCCC1. The fourth-order valence-corrected chi connectivity index (χ4v) is 2.90. The van der Waals surface area contributed by atoms with Crippen LogP contribution in [0.3, 0.4) is 0 Å². The summed E-state index contributed by atoms with van der Waals surface area (Å²) in [6.07, 6.45) is 4.27. The number of rotatable bonds is 3. The summed E-state index contributed by atoms with van der Waals surface area (Å²) >= 11 is 0. The van der Waals surface area contributed by atoms with Crippen LogP contribution in [0.5, 0.6) is 0 Å². The van der Waals surface area contributed by atoms with Gasteiger partial charge in [-0.05, 0) is 32.5 Å². The second kappa shape index (κ2) is 4.56. The van der Waals surface area contributed by atoms with Crippen molar-refractivity contribution in [1.29, 1.82) is 0 Å². The molecule has 1 aromatic carbocycles. The van der Waals surface area contributed by atoms with Crippen molar-refractivity contribution < 1.29 is 5.11 Å². The zero-order chi connectivity index (χ0) is 11.6. The van der Waals surface area contributed by atoms with Crippen LogP contribution >= 0.6 is 0 Å². The average molecular weight is 219 g/mol. The predicted molar refractivity (Wildman–Crippen MR) is 66.3 cm³/mol. The first kappa shape index (κ1) is 11.6. The quantitative estimate of drug-likeness (QED) is 0.844. The summed E-state index contributed by atoms with van der Waals surface area (Å²) < 4.78 is 0. The van der Waals surface area contributed by atoms with Gasteiger partial charge in [0.15, 0.2) is 0 Å². The van der Waals surface area contributed by atoms with Crippen molar-refractivity contribution in [3.63, 3.8) is 0 Å². The molecule has 0 spiro atoms. The molecule has 16 heavy (non-hydrogen) atoms. The summed E-state index contributed by atoms with van der Waals surface area (Å²) in [7, 11) is 4.16. The lowest BCUT2D eigenvalue weighted by Crippen LogP contribution is -2.46. The smallest absolute Gasteiger partial charge is 0.0973 e. The molecule has 1 N–H and O–H groups in total. The van der Waals surface area contributed by atoms with Gasteiger partial charge in [-0.1, -0.05) is 43.2 Å². The number of hydrogen-bond donors (Lipinski definition) is 1. The van der Waals surface area contributed by atoms with Gasteiger partial charge in [0, 0.05) is 0 Å². The van der Waals surface area contributed by atoms with Crippen LogP contribution in [0.4, 0.5) is 0 Å². The van der Waals surface area contributed by atoms with Crippen molar-refractivity contribution in [1.82, 2.24) is 4.90 Å². The lowest BCUT2D eigenvalue weighted by atomic mass is 9.85. The zero-order valence-corrected chi connectivity index (χ0v) is 10.2. The first-order valence-electron chi connectivity index (χ1n) is 6.07. The van der Waals surface area contributed by atoms with E-state index in [4.69, 9.17) is 0 Å². The van der Waals surface area contributed by atoms with Gasteiger partial charge in [-0.25, -0.2) is 0 Å². The Morgan fingerprint density at radius 3 is 2.19 bits per heavy atom. The van der Waals surface area contributed by atoms with E-state index >= 15 is 0 Å². The van der Waals surface area contributed by atoms with E-state index in [-0.39, 0.29) is 11.6 Å². The van der Waals surface area contributed by atoms with Crippen molar-refractivity contribution >= 4 is 0 Å². The molecule has 1 unspecified atom stereocenters. The molecule has 1 fully saturated rings. The minimum absolute atomic E-state index is 0.0542. The molecule has 1 saturated carbocycles. The molecule has 0 aliphatic heterocycles. The van der Waals surface area contributed by atoms with Crippen molar-refractivity contribution in [2.24, 2.45) is 0 Å². The Bertz CT molecular complexity index is 328. The van der Waals surface area contributed by atoms with Gasteiger partial charge in [-0.3, -0.25) is 0 Å². The number of hydrogen-bond acceptors (Lipinski definition) is 2. The molecule has 0 radical (unpaired) electrons. The standard InChI is InChI=1S/C14H21NO/c1-15(2)14(10-6-7-11-14)13(16)12-8-4-3-5-9-12/h3-5,8-9,13,16H,6-7,10-11H2,1-2H3. The van der Waals surface area contributed by atoms with Crippen LogP contribution < -0.4 is 0 Å². The lowest BCUT2D eigenvalue weighted by Gasteiger charge is -2.40. The first-order valence-corrected chi connectivity index (χ1v) is 6.07. The van der Waals surface area contributed by atoms with Gasteiger partial charge in [-0.2, -0.15) is 0 Å². The molecule has 1 aliphatic carbocycles. The first-order chi connectivity index (χ1) is 7.67. The van der Waals surface area contributed by atoms with Gasteiger partial charge in [-0.15, -0.1) is 0 Å². The largest absolute Gasteiger partial charge is 0.386 e. The van der Waals surface area contributed by atoms with Gasteiger partial charge < -0.3 is 10.0 Å². The van der Waals surface area contributed by atoms with E-state index in [0.29, 0.717) is 0 Å². The summed E-state index contributed by atoms with van der Waals surface area (Å²) in [5, 5.41) is 10.6. The van der Waals surface area contributed by atoms with Gasteiger partial charge in [0.05, 0.1) is 11.6 Å². The minimum atomic E-state index is -0.369. The fourth-order valence-electron chi connectivity index (χ4n) is 2.90. The van der Waals surface area contributed by atoms with E-state index in [1.54, 1.807) is 0 Å². The summed E-state index contributed by atoms with van der Waals surface area (Å²) in [6, 6.07) is 10.0. The Hall–Kier alpha value is -0.860. The highest BCUT2D eigenvalue weighted by Gasteiger charge is 2.42. The number of aliphatic hydroxyl groups is 1. The molecule has 1 aliphatic rings. The topological polar surface area (TPSA) is 23.5 Å². The van der Waals surface area contributed by atoms with Crippen molar-refractivity contribution in [3.8, 4) is 0 Å². The van der Waals surface area contributed by atoms with Gasteiger partial charge in [0.1, 0.15) is 0 Å². The van der Waals surface area contributed by atoms with E-state index in [1.807, 2.05) is 30.3 Å². The molecular weight excluding hydrogens is 198 g/mol. The van der Waals surface area contributed by atoms with Crippen LogP contribution in [0.2, 0.25) is 0 Å². The maximum atomic E-state index is 10.6. The Kier molecular flexibility index (Phi) is 3.31. The van der Waals surface area contributed by atoms with E-state index in [0.717, 1.165) is 18.4 Å². The maximum absolute atomic E-state index is 10.6. The van der Waals surface area contributed by atoms with Crippen molar-refractivity contribution in [3.05, 3.63) is 35.9 Å². The zero-order valence-electron chi connectivity index (χ0n) is 10.2. The number of likely N-dealkylation sites (N-methyl/N-ethyl adjacent to an activating group) is 1. The Balaban J connectivity index is 2.28. The highest BCUT2D eigenvalue weighted by atomic mass is 16.3. The normalized spacial score (nSPS) is 21.2. The molecule has 0 heterocycles. The fraction of sp³-hybridized carbons (Fsp3) is 0.571. The molecule has 2 rings (SSSR count). The monoisotopic (exact) mass is 219 g/mol. The third-order valence-electron chi connectivity index (χ3n) is 3.98. The molecule has 0 amide bonds. The van der Waals surface area contributed by atoms with E-state index < -0.39 is 0 Å². The van der Waals surface area contributed by atoms with E-state index in [9.17, 15) is 5.11 Å². The van der Waals surface area contributed by atoms with E-state index in [2.05, 4.69) is 19.0 Å². The third-order valence-corrected chi connectivity index (χ3v) is 3.98. The van der Waals surface area contributed by atoms with Gasteiger partial charge >= 0.3 is 0 Å². The third kappa shape index (κ3) is 1.87. The Morgan fingerprint density at radius 1 is 1.12 bits per heavy atom. The number of aliphatic hydroxyl groups excluding tert-OH is 1. The van der Waals surface area contributed by atoms with Crippen LogP contribution in [-0.4, -0.2) is 29.6 Å². The predicted octanol–water partition coefficient (Wildman–Crippen LogP) is 2.59. The van der Waals surface area contributed by atoms with Gasteiger partial charge in [0.2, 0.25) is 0 Å². The lowest BCUT2D eigenvalue weighted by molar-refractivity contribution is -0.00474. The molecule has 1 aromatic rings. The molecular formula is C14H21NO. The van der Waals surface area contributed by atoms with Gasteiger partial charge in [0.25, 0.3) is 0 Å². The molecule has 0 saturated heterocycles. The van der Waals surface area contributed by atoms with Crippen LogP contribution in [0.15, 0.2) is 30.3 Å². The number of nitrogens with zero attached hydrogens (tertiary/aromatic N) is 1. The average Bonchev–Trinajstić information content (AvgIpc) is 2.79. The molecule has 2 nitrogen and oxygen atoms in total. The highest BCUT2D eigenvalue weighted by Crippen LogP contribution is 2.43. The Morgan fingerprint density at radius 2 is 1.69 bits per heavy atom. The van der Waals surface area contributed by atoms with Crippen LogP contribution in [0.1, 0.15) is 37.4 Å². The summed E-state index contributed by atoms with van der Waals surface area (Å²) in [4.78, 5) is 2.21. The van der Waals surface area contributed by atoms with Crippen molar-refractivity contribution in [2.75, 3.05) is 14.1 Å². The van der Waals surface area contributed by atoms with E-state index in [1.165, 1.54) is 12.8 Å². The molecule has 0 bridgehead atoms.